The summed E-state index contributed by atoms with van der Waals surface area (Å²) < 4.78 is 15.2. The summed E-state index contributed by atoms with van der Waals surface area (Å²) in [5.41, 5.74) is 0. The smallest absolute Gasteiger partial charge is 0.349 e. The van der Waals surface area contributed by atoms with Gasteiger partial charge in [-0.05, 0) is 0 Å². The minimum absolute atomic E-state index is 0.862. The minimum Gasteiger partial charge on any atom is -0.466 e. The largest absolute Gasteiger partial charge is 0.466 e. The second-order valence-electron chi connectivity index (χ2n) is 1.19. The summed E-state index contributed by atoms with van der Waals surface area (Å²) in [6.07, 6.45) is -2.13. The van der Waals surface area contributed by atoms with Gasteiger partial charge in [0.1, 0.15) is 0 Å². The average molecular weight is 246 g/mol. The molecule has 0 radical (unpaired) electrons. The summed E-state index contributed by atoms with van der Waals surface area (Å²) >= 11 is 1.19. The molecule has 0 saturated heterocycles. The van der Waals surface area contributed by atoms with Crippen LogP contribution in [0.1, 0.15) is 0 Å². The second kappa shape index (κ2) is 3.76. The normalized spacial score (nSPS) is 12.3. The molecule has 1 unspecified atom stereocenters. The molecule has 5 heteroatoms. The predicted octanol–water partition coefficient (Wildman–Crippen LogP) is 0.459. The van der Waals surface area contributed by atoms with Crippen molar-refractivity contribution in [2.45, 2.75) is 6.17 Å². The summed E-state index contributed by atoms with van der Waals surface area (Å²) in [5, 5.41) is 0. The van der Waals surface area contributed by atoms with E-state index in [1.54, 1.807) is 0 Å². The van der Waals surface area contributed by atoms with Crippen LogP contribution in [0.3, 0.4) is 0 Å². The molecule has 3 nitrogen and oxygen atoms in total. The molecule has 0 amide bonds. The van der Waals surface area contributed by atoms with Gasteiger partial charge in [-0.25, -0.2) is 9.18 Å². The third-order valence-corrected chi connectivity index (χ3v) is 1.15. The highest BCUT2D eigenvalue weighted by Gasteiger charge is 2.23. The quantitative estimate of drug-likeness (QED) is 0.307. The molecule has 0 aromatic heterocycles. The van der Waals surface area contributed by atoms with Gasteiger partial charge >= 0.3 is 5.97 Å². The number of ether oxygens (including phenoxy) is 1. The molecule has 1 atom stereocenters. The standard InChI is InChI=1S/C4H4FIO3/c1-9-4(8)2(5)3(6)7/h2H,1H3. The highest BCUT2D eigenvalue weighted by atomic mass is 127. The molecule has 0 N–H and O–H groups in total. The molecule has 0 aliphatic carbocycles. The number of hydrogen-bond donors (Lipinski definition) is 0. The Morgan fingerprint density at radius 2 is 2.11 bits per heavy atom. The Kier molecular flexibility index (Phi) is 3.67. The van der Waals surface area contributed by atoms with E-state index >= 15 is 0 Å². The maximum atomic E-state index is 12.1. The highest BCUT2D eigenvalue weighted by molar-refractivity contribution is 14.1. The fourth-order valence-electron chi connectivity index (χ4n) is 0.196. The molecule has 0 aliphatic rings. The molecular formula is C4H4FIO3. The number of hydrogen-bond acceptors (Lipinski definition) is 3. The molecule has 0 heterocycles. The van der Waals surface area contributed by atoms with E-state index in [0.717, 1.165) is 7.11 Å². The summed E-state index contributed by atoms with van der Waals surface area (Å²) in [5.74, 6) is -1.14. The summed E-state index contributed by atoms with van der Waals surface area (Å²) in [6, 6.07) is 0. The molecule has 9 heavy (non-hydrogen) atoms. The van der Waals surface area contributed by atoms with E-state index in [0.29, 0.717) is 0 Å². The van der Waals surface area contributed by atoms with Crippen LogP contribution in [-0.2, 0) is 14.3 Å². The van der Waals surface area contributed by atoms with Crippen LogP contribution in [0.4, 0.5) is 4.39 Å². The van der Waals surface area contributed by atoms with E-state index in [9.17, 15) is 14.0 Å². The maximum absolute atomic E-state index is 12.1. The third-order valence-electron chi connectivity index (χ3n) is 0.607. The Morgan fingerprint density at radius 3 is 2.22 bits per heavy atom. The van der Waals surface area contributed by atoms with Crippen LogP contribution in [0.15, 0.2) is 0 Å². The Hall–Kier alpha value is -0.200. The lowest BCUT2D eigenvalue weighted by Gasteiger charge is -1.97. The minimum atomic E-state index is -2.13. The van der Waals surface area contributed by atoms with Crippen molar-refractivity contribution in [3.8, 4) is 0 Å². The van der Waals surface area contributed by atoms with Gasteiger partial charge in [0, 0.05) is 22.6 Å². The van der Waals surface area contributed by atoms with E-state index in [4.69, 9.17) is 0 Å². The number of rotatable bonds is 2. The molecule has 0 rings (SSSR count). The van der Waals surface area contributed by atoms with Crippen molar-refractivity contribution < 1.29 is 18.7 Å². The number of carbonyl (C=O) groups is 2. The molecule has 0 fully saturated rings. The first-order chi connectivity index (χ1) is 4.09. The van der Waals surface area contributed by atoms with Gasteiger partial charge in [-0.3, -0.25) is 4.79 Å². The van der Waals surface area contributed by atoms with Gasteiger partial charge in [0.2, 0.25) is 3.79 Å². The number of methoxy groups -OCH3 is 1. The van der Waals surface area contributed by atoms with Crippen LogP contribution in [-0.4, -0.2) is 23.0 Å². The SMILES string of the molecule is COC(=O)C(F)C(=O)I. The van der Waals surface area contributed by atoms with Gasteiger partial charge in [0.25, 0.3) is 6.17 Å². The number of alkyl halides is 1. The van der Waals surface area contributed by atoms with Crippen molar-refractivity contribution in [3.63, 3.8) is 0 Å². The predicted molar refractivity (Wildman–Crippen MR) is 35.9 cm³/mol. The molecule has 0 bridgehead atoms. The summed E-state index contributed by atoms with van der Waals surface area (Å²) in [4.78, 5) is 20.2. The molecule has 0 aromatic rings. The van der Waals surface area contributed by atoms with Gasteiger partial charge < -0.3 is 4.74 Å². The third kappa shape index (κ3) is 2.73. The van der Waals surface area contributed by atoms with E-state index in [2.05, 4.69) is 4.74 Å². The summed E-state index contributed by atoms with van der Waals surface area (Å²) in [6.45, 7) is 0. The Labute approximate surface area is 64.7 Å². The zero-order valence-electron chi connectivity index (χ0n) is 4.56. The first-order valence-electron chi connectivity index (χ1n) is 2.01. The maximum Gasteiger partial charge on any atom is 0.349 e. The Balaban J connectivity index is 3.88. The van der Waals surface area contributed by atoms with Crippen LogP contribution in [0.2, 0.25) is 0 Å². The van der Waals surface area contributed by atoms with Crippen molar-refractivity contribution >= 4 is 32.4 Å². The first kappa shape index (κ1) is 8.80. The van der Waals surface area contributed by atoms with E-state index in [1.807, 2.05) is 0 Å². The van der Waals surface area contributed by atoms with Crippen molar-refractivity contribution in [2.75, 3.05) is 7.11 Å². The second-order valence-corrected chi connectivity index (χ2v) is 2.25. The van der Waals surface area contributed by atoms with E-state index < -0.39 is 15.9 Å². The van der Waals surface area contributed by atoms with Crippen LogP contribution in [0, 0.1) is 0 Å². The number of carbonyl (C=O) groups excluding carboxylic acids is 2. The lowest BCUT2D eigenvalue weighted by Crippen LogP contribution is -2.22. The van der Waals surface area contributed by atoms with Crippen LogP contribution >= 0.6 is 22.6 Å². The van der Waals surface area contributed by atoms with Crippen molar-refractivity contribution in [1.29, 1.82) is 0 Å². The van der Waals surface area contributed by atoms with Gasteiger partial charge in [-0.15, -0.1) is 0 Å². The van der Waals surface area contributed by atoms with Crippen molar-refractivity contribution in [1.82, 2.24) is 0 Å². The zero-order valence-corrected chi connectivity index (χ0v) is 6.72. The fraction of sp³-hybridized carbons (Fsp3) is 0.500. The van der Waals surface area contributed by atoms with E-state index in [1.165, 1.54) is 22.6 Å². The van der Waals surface area contributed by atoms with Crippen LogP contribution in [0.5, 0.6) is 0 Å². The molecule has 0 aliphatic heterocycles. The number of halogens is 2. The van der Waals surface area contributed by atoms with Crippen LogP contribution in [0.25, 0.3) is 0 Å². The Morgan fingerprint density at radius 1 is 1.67 bits per heavy atom. The Bertz CT molecular complexity index is 136. The number of esters is 1. The lowest BCUT2D eigenvalue weighted by atomic mass is 10.4. The average Bonchev–Trinajstić information content (AvgIpc) is 1.84. The van der Waals surface area contributed by atoms with Crippen molar-refractivity contribution in [2.24, 2.45) is 0 Å². The highest BCUT2D eigenvalue weighted by Crippen LogP contribution is 2.00. The zero-order chi connectivity index (χ0) is 7.44. The topological polar surface area (TPSA) is 43.4 Å². The van der Waals surface area contributed by atoms with Crippen LogP contribution < -0.4 is 0 Å². The first-order valence-corrected chi connectivity index (χ1v) is 3.08. The fourth-order valence-corrected chi connectivity index (χ4v) is 0.450. The molecule has 0 spiro atoms. The van der Waals surface area contributed by atoms with Gasteiger partial charge in [0.15, 0.2) is 0 Å². The van der Waals surface area contributed by atoms with Gasteiger partial charge in [0.05, 0.1) is 7.11 Å². The molecule has 0 saturated carbocycles. The van der Waals surface area contributed by atoms with Gasteiger partial charge in [-0.2, -0.15) is 0 Å². The van der Waals surface area contributed by atoms with Crippen molar-refractivity contribution in [3.05, 3.63) is 0 Å². The van der Waals surface area contributed by atoms with Gasteiger partial charge in [-0.1, -0.05) is 0 Å². The molecule has 0 aromatic carbocycles. The van der Waals surface area contributed by atoms with E-state index in [-0.39, 0.29) is 0 Å². The molecular weight excluding hydrogens is 242 g/mol. The summed E-state index contributed by atoms with van der Waals surface area (Å²) in [7, 11) is 1.02. The molecule has 52 valence electrons. The lowest BCUT2D eigenvalue weighted by molar-refractivity contribution is -0.148. The monoisotopic (exact) mass is 246 g/mol.